The molecule has 3 aliphatic rings. The molecular weight excluding hydrogens is 460 g/mol. The first kappa shape index (κ1) is 22.2. The third-order valence-electron chi connectivity index (χ3n) is 8.58. The Labute approximate surface area is 216 Å². The molecule has 7 rings (SSSR count). The van der Waals surface area contributed by atoms with E-state index < -0.39 is 0 Å². The second kappa shape index (κ2) is 8.84. The summed E-state index contributed by atoms with van der Waals surface area (Å²) >= 11 is 0. The fraction of sp³-hybridized carbons (Fsp3) is 0.281. The van der Waals surface area contributed by atoms with Gasteiger partial charge in [0.1, 0.15) is 6.61 Å². The summed E-state index contributed by atoms with van der Waals surface area (Å²) in [6, 6.07) is 24.7. The molecule has 1 aliphatic carbocycles. The Morgan fingerprint density at radius 3 is 2.22 bits per heavy atom. The van der Waals surface area contributed by atoms with Gasteiger partial charge in [-0.2, -0.15) is 0 Å². The highest BCUT2D eigenvalue weighted by Crippen LogP contribution is 2.45. The minimum atomic E-state index is -0.238. The number of carbonyl (C=O) groups excluding carboxylic acids is 2. The molecule has 2 aliphatic heterocycles. The van der Waals surface area contributed by atoms with E-state index in [4.69, 9.17) is 4.74 Å². The number of ether oxygens (including phenoxy) is 1. The zero-order valence-corrected chi connectivity index (χ0v) is 20.5. The molecule has 1 aromatic heterocycles. The Hall–Kier alpha value is -3.99. The van der Waals surface area contributed by atoms with Gasteiger partial charge < -0.3 is 9.64 Å². The molecule has 0 N–H and O–H groups in total. The predicted molar refractivity (Wildman–Crippen MR) is 143 cm³/mol. The van der Waals surface area contributed by atoms with E-state index in [0.29, 0.717) is 19.4 Å². The zero-order valence-electron chi connectivity index (χ0n) is 20.5. The molecule has 0 saturated carbocycles. The molecule has 1 amide bonds. The van der Waals surface area contributed by atoms with Gasteiger partial charge in [0.2, 0.25) is 0 Å². The quantitative estimate of drug-likeness (QED) is 0.303. The number of rotatable bonds is 4. The number of amides is 1. The molecule has 3 aromatic carbocycles. The average molecular weight is 489 g/mol. The Balaban J connectivity index is 1.05. The van der Waals surface area contributed by atoms with Crippen LogP contribution >= 0.6 is 0 Å². The van der Waals surface area contributed by atoms with Gasteiger partial charge in [-0.15, -0.1) is 0 Å². The summed E-state index contributed by atoms with van der Waals surface area (Å²) in [5.41, 5.74) is 5.63. The van der Waals surface area contributed by atoms with E-state index in [2.05, 4.69) is 41.4 Å². The number of hydrogen-bond acceptors (Lipinski definition) is 4. The number of benzene rings is 3. The van der Waals surface area contributed by atoms with Gasteiger partial charge in [-0.05, 0) is 65.5 Å². The molecule has 4 aromatic rings. The van der Waals surface area contributed by atoms with E-state index in [-0.39, 0.29) is 35.8 Å². The number of ketones is 1. The van der Waals surface area contributed by atoms with Crippen LogP contribution in [0.5, 0.6) is 0 Å². The van der Waals surface area contributed by atoms with Crippen LogP contribution < -0.4 is 0 Å². The maximum absolute atomic E-state index is 13.4. The lowest BCUT2D eigenvalue weighted by molar-refractivity contribution is 0.0506. The predicted octanol–water partition coefficient (Wildman–Crippen LogP) is 6.61. The molecule has 2 bridgehead atoms. The van der Waals surface area contributed by atoms with Gasteiger partial charge in [-0.1, -0.05) is 60.7 Å². The van der Waals surface area contributed by atoms with E-state index in [1.165, 1.54) is 22.3 Å². The Kier molecular flexibility index (Phi) is 5.31. The normalized spacial score (nSPS) is 22.1. The molecular formula is C32H28N2O3. The van der Waals surface area contributed by atoms with Crippen molar-refractivity contribution in [2.24, 2.45) is 5.92 Å². The van der Waals surface area contributed by atoms with Crippen molar-refractivity contribution < 1.29 is 14.3 Å². The first-order chi connectivity index (χ1) is 18.2. The van der Waals surface area contributed by atoms with Gasteiger partial charge in [0.15, 0.2) is 5.78 Å². The number of hydrogen-bond donors (Lipinski definition) is 0. The van der Waals surface area contributed by atoms with E-state index >= 15 is 0 Å². The van der Waals surface area contributed by atoms with Crippen LogP contribution in [0.2, 0.25) is 0 Å². The van der Waals surface area contributed by atoms with Crippen molar-refractivity contribution in [3.05, 3.63) is 102 Å². The lowest BCUT2D eigenvalue weighted by Gasteiger charge is -2.37. The minimum Gasteiger partial charge on any atom is -0.448 e. The zero-order chi connectivity index (χ0) is 24.9. The highest BCUT2D eigenvalue weighted by Gasteiger charge is 2.46. The van der Waals surface area contributed by atoms with E-state index in [1.54, 1.807) is 6.20 Å². The van der Waals surface area contributed by atoms with Gasteiger partial charge in [0.25, 0.3) is 0 Å². The molecule has 0 radical (unpaired) electrons. The first-order valence-electron chi connectivity index (χ1n) is 13.2. The van der Waals surface area contributed by atoms with Crippen LogP contribution in [0.15, 0.2) is 85.2 Å². The number of Topliss-reactive ketones (excluding diaryl/α,β-unsaturated/α-hetero) is 1. The maximum Gasteiger partial charge on any atom is 0.410 e. The monoisotopic (exact) mass is 488 g/mol. The van der Waals surface area contributed by atoms with Crippen LogP contribution in [0.1, 0.15) is 53.1 Å². The van der Waals surface area contributed by atoms with Crippen LogP contribution in [0, 0.1) is 5.92 Å². The second-order valence-electron chi connectivity index (χ2n) is 10.6. The summed E-state index contributed by atoms with van der Waals surface area (Å²) in [7, 11) is 0. The minimum absolute atomic E-state index is 0.0521. The molecule has 5 heteroatoms. The van der Waals surface area contributed by atoms with E-state index in [9.17, 15) is 9.59 Å². The lowest BCUT2D eigenvalue weighted by atomic mass is 9.84. The van der Waals surface area contributed by atoms with Crippen LogP contribution in [0.4, 0.5) is 4.79 Å². The topological polar surface area (TPSA) is 59.5 Å². The van der Waals surface area contributed by atoms with Crippen molar-refractivity contribution in [1.82, 2.24) is 9.88 Å². The van der Waals surface area contributed by atoms with Crippen LogP contribution in [0.3, 0.4) is 0 Å². The number of nitrogens with zero attached hydrogens (tertiary/aromatic N) is 2. The summed E-state index contributed by atoms with van der Waals surface area (Å²) in [6.45, 7) is 0.330. The molecule has 2 unspecified atom stereocenters. The van der Waals surface area contributed by atoms with Crippen LogP contribution in [-0.2, 0) is 4.74 Å². The van der Waals surface area contributed by atoms with Gasteiger partial charge in [-0.3, -0.25) is 9.78 Å². The molecule has 5 nitrogen and oxygen atoms in total. The summed E-state index contributed by atoms with van der Waals surface area (Å²) < 4.78 is 5.98. The number of aromatic nitrogens is 1. The fourth-order valence-corrected chi connectivity index (χ4v) is 6.83. The Bertz CT molecular complexity index is 1470. The molecule has 184 valence electrons. The summed E-state index contributed by atoms with van der Waals surface area (Å²) in [5.74, 6) is 0.174. The molecule has 3 heterocycles. The van der Waals surface area contributed by atoms with Crippen molar-refractivity contribution in [2.45, 2.75) is 43.7 Å². The van der Waals surface area contributed by atoms with Crippen LogP contribution in [0.25, 0.3) is 21.9 Å². The lowest BCUT2D eigenvalue weighted by Crippen LogP contribution is -2.48. The van der Waals surface area contributed by atoms with Gasteiger partial charge >= 0.3 is 6.09 Å². The smallest absolute Gasteiger partial charge is 0.410 e. The summed E-state index contributed by atoms with van der Waals surface area (Å²) in [5, 5.41) is 2.06. The second-order valence-corrected chi connectivity index (χ2v) is 10.6. The number of fused-ring (bicyclic) bond motifs is 6. The highest BCUT2D eigenvalue weighted by molar-refractivity contribution is 6.01. The third kappa shape index (κ3) is 3.72. The molecule has 2 saturated heterocycles. The first-order valence-corrected chi connectivity index (χ1v) is 13.2. The average Bonchev–Trinajstić information content (AvgIpc) is 3.41. The highest BCUT2D eigenvalue weighted by atomic mass is 16.6. The van der Waals surface area contributed by atoms with Gasteiger partial charge in [-0.25, -0.2) is 4.79 Å². The van der Waals surface area contributed by atoms with Crippen molar-refractivity contribution >= 4 is 22.6 Å². The van der Waals surface area contributed by atoms with E-state index in [1.807, 2.05) is 47.5 Å². The molecule has 2 atom stereocenters. The molecule has 0 spiro atoms. The number of pyridine rings is 1. The van der Waals surface area contributed by atoms with E-state index in [0.717, 1.165) is 29.2 Å². The summed E-state index contributed by atoms with van der Waals surface area (Å²) in [6.07, 6.45) is 6.60. The molecule has 2 fully saturated rings. The molecule has 37 heavy (non-hydrogen) atoms. The standard InChI is InChI=1S/C32H28N2O3/c35-31(21-9-10-22-18-33-14-13-20(22)15-21)23-16-24-11-12-25(17-23)34(24)32(36)37-19-30-28-7-3-1-5-26(28)27-6-2-4-8-29(27)30/h1-10,13-15,18,23-25,30H,11-12,16-17,19H2. The fourth-order valence-electron chi connectivity index (χ4n) is 6.83. The third-order valence-corrected chi connectivity index (χ3v) is 8.58. The maximum atomic E-state index is 13.4. The Morgan fingerprint density at radius 1 is 0.838 bits per heavy atom. The largest absolute Gasteiger partial charge is 0.448 e. The number of piperidine rings is 1. The van der Waals surface area contributed by atoms with Crippen molar-refractivity contribution in [3.63, 3.8) is 0 Å². The van der Waals surface area contributed by atoms with Crippen molar-refractivity contribution in [1.29, 1.82) is 0 Å². The Morgan fingerprint density at radius 2 is 1.51 bits per heavy atom. The van der Waals surface area contributed by atoms with Crippen molar-refractivity contribution in [3.8, 4) is 11.1 Å². The van der Waals surface area contributed by atoms with Gasteiger partial charge in [0.05, 0.1) is 0 Å². The summed E-state index contributed by atoms with van der Waals surface area (Å²) in [4.78, 5) is 32.9. The van der Waals surface area contributed by atoms with Crippen molar-refractivity contribution in [2.75, 3.05) is 6.61 Å². The SMILES string of the molecule is O=C(c1ccc2cnccc2c1)C1CC2CCC(C1)N2C(=O)OCC1c2ccccc2-c2ccccc21. The van der Waals surface area contributed by atoms with Gasteiger partial charge in [0, 0.05) is 47.3 Å². The van der Waals surface area contributed by atoms with Crippen LogP contribution in [-0.4, -0.2) is 40.5 Å². The number of carbonyl (C=O) groups is 2.